The molecule has 9 heteroatoms. The summed E-state index contributed by atoms with van der Waals surface area (Å²) in [4.78, 5) is 12.3. The van der Waals surface area contributed by atoms with E-state index in [0.29, 0.717) is 17.3 Å². The number of hydrogen-bond acceptors (Lipinski definition) is 6. The second kappa shape index (κ2) is 9.07. The van der Waals surface area contributed by atoms with Gasteiger partial charge in [-0.1, -0.05) is 28.9 Å². The van der Waals surface area contributed by atoms with Crippen molar-refractivity contribution in [2.45, 2.75) is 13.5 Å². The first-order valence-corrected chi connectivity index (χ1v) is 9.55. The summed E-state index contributed by atoms with van der Waals surface area (Å²) in [5.74, 6) is 0.752. The predicted octanol–water partition coefficient (Wildman–Crippen LogP) is 4.72. The number of hydrogen-bond donors (Lipinski definition) is 0. The summed E-state index contributed by atoms with van der Waals surface area (Å²) in [6.45, 7) is 2.28. The van der Waals surface area contributed by atoms with Crippen molar-refractivity contribution in [3.05, 3.63) is 63.2 Å². The molecule has 0 bridgehead atoms. The Morgan fingerprint density at radius 2 is 1.89 bits per heavy atom. The van der Waals surface area contributed by atoms with E-state index in [2.05, 4.69) is 26.2 Å². The van der Waals surface area contributed by atoms with Gasteiger partial charge in [0, 0.05) is 10.5 Å². The van der Waals surface area contributed by atoms with E-state index in [4.69, 9.17) is 25.8 Å². The standard InChI is InChI=1S/C19H17BrClN3O4/c1-3-27-19(25)17-18(28-14-8-9-15(20)16(21)10-14)24(23-22-17)11-12-4-6-13(26-2)7-5-12/h4-10H,3,11H2,1-2H3. The Bertz CT molecular complexity index is 976. The summed E-state index contributed by atoms with van der Waals surface area (Å²) in [5, 5.41) is 8.48. The van der Waals surface area contributed by atoms with Gasteiger partial charge in [-0.2, -0.15) is 0 Å². The van der Waals surface area contributed by atoms with E-state index in [1.165, 1.54) is 4.68 Å². The monoisotopic (exact) mass is 465 g/mol. The van der Waals surface area contributed by atoms with Gasteiger partial charge in [-0.25, -0.2) is 9.48 Å². The fourth-order valence-electron chi connectivity index (χ4n) is 2.39. The zero-order valence-electron chi connectivity index (χ0n) is 15.2. The lowest BCUT2D eigenvalue weighted by molar-refractivity contribution is 0.0516. The second-order valence-electron chi connectivity index (χ2n) is 5.65. The molecule has 2 aromatic carbocycles. The molecule has 0 radical (unpaired) electrons. The molecule has 0 spiro atoms. The number of aromatic nitrogens is 3. The van der Waals surface area contributed by atoms with E-state index in [0.717, 1.165) is 15.8 Å². The fourth-order valence-corrected chi connectivity index (χ4v) is 2.81. The molecule has 1 heterocycles. The van der Waals surface area contributed by atoms with E-state index in [1.54, 1.807) is 32.2 Å². The zero-order chi connectivity index (χ0) is 20.1. The lowest BCUT2D eigenvalue weighted by atomic mass is 10.2. The summed E-state index contributed by atoms with van der Waals surface area (Å²) in [6, 6.07) is 12.6. The molecule has 28 heavy (non-hydrogen) atoms. The summed E-state index contributed by atoms with van der Waals surface area (Å²) >= 11 is 9.47. The van der Waals surface area contributed by atoms with Gasteiger partial charge < -0.3 is 14.2 Å². The first-order valence-electron chi connectivity index (χ1n) is 8.38. The Kier molecular flexibility index (Phi) is 6.53. The molecule has 0 aliphatic heterocycles. The highest BCUT2D eigenvalue weighted by Gasteiger charge is 2.23. The van der Waals surface area contributed by atoms with E-state index in [-0.39, 0.29) is 18.2 Å². The average molecular weight is 467 g/mol. The number of rotatable bonds is 7. The summed E-state index contributed by atoms with van der Waals surface area (Å²) in [5.41, 5.74) is 0.925. The van der Waals surface area contributed by atoms with Gasteiger partial charge in [-0.05, 0) is 52.7 Å². The first kappa shape index (κ1) is 20.2. The Balaban J connectivity index is 1.94. The van der Waals surface area contributed by atoms with Gasteiger partial charge in [0.15, 0.2) is 0 Å². The second-order valence-corrected chi connectivity index (χ2v) is 6.91. The van der Waals surface area contributed by atoms with Gasteiger partial charge in [0.05, 0.1) is 25.3 Å². The first-order chi connectivity index (χ1) is 13.5. The van der Waals surface area contributed by atoms with Crippen LogP contribution in [0.15, 0.2) is 46.9 Å². The molecular weight excluding hydrogens is 450 g/mol. The molecule has 0 N–H and O–H groups in total. The highest BCUT2D eigenvalue weighted by atomic mass is 79.9. The van der Waals surface area contributed by atoms with Gasteiger partial charge in [0.2, 0.25) is 5.69 Å². The minimum absolute atomic E-state index is 0.00518. The molecule has 3 aromatic rings. The number of benzene rings is 2. The van der Waals surface area contributed by atoms with E-state index < -0.39 is 5.97 Å². The smallest absolute Gasteiger partial charge is 0.364 e. The third kappa shape index (κ3) is 4.63. The van der Waals surface area contributed by atoms with Crippen molar-refractivity contribution < 1.29 is 19.0 Å². The van der Waals surface area contributed by atoms with Crippen molar-refractivity contribution in [1.29, 1.82) is 0 Å². The van der Waals surface area contributed by atoms with Crippen LogP contribution in [-0.4, -0.2) is 34.7 Å². The summed E-state index contributed by atoms with van der Waals surface area (Å²) in [6.07, 6.45) is 0. The minimum Gasteiger partial charge on any atom is -0.497 e. The van der Waals surface area contributed by atoms with E-state index in [9.17, 15) is 4.79 Å². The van der Waals surface area contributed by atoms with Crippen LogP contribution in [0, 0.1) is 0 Å². The third-order valence-electron chi connectivity index (χ3n) is 3.76. The highest BCUT2D eigenvalue weighted by molar-refractivity contribution is 9.10. The van der Waals surface area contributed by atoms with Crippen molar-refractivity contribution >= 4 is 33.5 Å². The lowest BCUT2D eigenvalue weighted by Crippen LogP contribution is -2.09. The van der Waals surface area contributed by atoms with Crippen molar-refractivity contribution in [3.63, 3.8) is 0 Å². The molecule has 7 nitrogen and oxygen atoms in total. The predicted molar refractivity (Wildman–Crippen MR) is 107 cm³/mol. The summed E-state index contributed by atoms with van der Waals surface area (Å²) in [7, 11) is 1.60. The molecule has 0 amide bonds. The van der Waals surface area contributed by atoms with Crippen LogP contribution in [0.2, 0.25) is 5.02 Å². The molecule has 0 atom stereocenters. The number of methoxy groups -OCH3 is 1. The van der Waals surface area contributed by atoms with Crippen LogP contribution in [0.4, 0.5) is 0 Å². The molecule has 0 saturated carbocycles. The van der Waals surface area contributed by atoms with Crippen LogP contribution in [-0.2, 0) is 11.3 Å². The Morgan fingerprint density at radius 3 is 2.54 bits per heavy atom. The number of ether oxygens (including phenoxy) is 3. The topological polar surface area (TPSA) is 75.5 Å². The molecule has 0 saturated heterocycles. The molecule has 1 aromatic heterocycles. The summed E-state index contributed by atoms with van der Waals surface area (Å²) < 4.78 is 18.4. The Labute approximate surface area is 175 Å². The molecule has 0 unspecified atom stereocenters. The lowest BCUT2D eigenvalue weighted by Gasteiger charge is -2.10. The third-order valence-corrected chi connectivity index (χ3v) is 4.99. The van der Waals surface area contributed by atoms with Crippen LogP contribution in [0.1, 0.15) is 23.0 Å². The largest absolute Gasteiger partial charge is 0.497 e. The van der Waals surface area contributed by atoms with Crippen molar-refractivity contribution in [2.24, 2.45) is 0 Å². The maximum Gasteiger partial charge on any atom is 0.364 e. The van der Waals surface area contributed by atoms with Crippen LogP contribution in [0.5, 0.6) is 17.4 Å². The van der Waals surface area contributed by atoms with Crippen molar-refractivity contribution in [1.82, 2.24) is 15.0 Å². The number of halogens is 2. The highest BCUT2D eigenvalue weighted by Crippen LogP contribution is 2.31. The molecule has 0 aliphatic carbocycles. The van der Waals surface area contributed by atoms with Gasteiger partial charge in [0.1, 0.15) is 11.5 Å². The van der Waals surface area contributed by atoms with Gasteiger partial charge >= 0.3 is 5.97 Å². The maximum absolute atomic E-state index is 12.3. The fraction of sp³-hybridized carbons (Fsp3) is 0.211. The minimum atomic E-state index is -0.610. The molecular formula is C19H17BrClN3O4. The SMILES string of the molecule is CCOC(=O)c1nnn(Cc2ccc(OC)cc2)c1Oc1ccc(Br)c(Cl)c1. The number of nitrogens with zero attached hydrogens (tertiary/aromatic N) is 3. The number of carbonyl (C=O) groups excluding carboxylic acids is 1. The number of esters is 1. The Hall–Kier alpha value is -2.58. The average Bonchev–Trinajstić information content (AvgIpc) is 3.08. The van der Waals surface area contributed by atoms with Crippen molar-refractivity contribution in [3.8, 4) is 17.4 Å². The van der Waals surface area contributed by atoms with E-state index in [1.807, 2.05) is 24.3 Å². The molecule has 3 rings (SSSR count). The maximum atomic E-state index is 12.3. The van der Waals surface area contributed by atoms with Crippen LogP contribution in [0.3, 0.4) is 0 Å². The Morgan fingerprint density at radius 1 is 1.18 bits per heavy atom. The van der Waals surface area contributed by atoms with Gasteiger partial charge in [-0.15, -0.1) is 5.10 Å². The molecule has 0 aliphatic rings. The number of carbonyl (C=O) groups is 1. The quantitative estimate of drug-likeness (QED) is 0.469. The normalized spacial score (nSPS) is 10.6. The van der Waals surface area contributed by atoms with E-state index >= 15 is 0 Å². The molecule has 146 valence electrons. The van der Waals surface area contributed by atoms with Crippen LogP contribution < -0.4 is 9.47 Å². The van der Waals surface area contributed by atoms with Crippen LogP contribution in [0.25, 0.3) is 0 Å². The van der Waals surface area contributed by atoms with Gasteiger partial charge in [0.25, 0.3) is 5.88 Å². The van der Waals surface area contributed by atoms with Crippen LogP contribution >= 0.6 is 27.5 Å². The van der Waals surface area contributed by atoms with Crippen molar-refractivity contribution in [2.75, 3.05) is 13.7 Å². The van der Waals surface area contributed by atoms with Gasteiger partial charge in [-0.3, -0.25) is 0 Å². The molecule has 0 fully saturated rings. The zero-order valence-corrected chi connectivity index (χ0v) is 17.5.